The third-order valence-corrected chi connectivity index (χ3v) is 8.86. The van der Waals surface area contributed by atoms with E-state index in [0.29, 0.717) is 38.8 Å². The lowest BCUT2D eigenvalue weighted by Crippen LogP contribution is -2.44. The van der Waals surface area contributed by atoms with E-state index in [4.69, 9.17) is 15.0 Å². The van der Waals surface area contributed by atoms with Crippen LogP contribution in [0.4, 0.5) is 9.59 Å². The number of amides is 4. The summed E-state index contributed by atoms with van der Waals surface area (Å²) in [6.45, 7) is 11.7. The van der Waals surface area contributed by atoms with Gasteiger partial charge in [-0.05, 0) is 106 Å². The van der Waals surface area contributed by atoms with Crippen LogP contribution in [0.5, 0.6) is 0 Å². The van der Waals surface area contributed by atoms with Gasteiger partial charge in [-0.1, -0.05) is 41.6 Å². The zero-order valence-electron chi connectivity index (χ0n) is 31.4. The van der Waals surface area contributed by atoms with Crippen molar-refractivity contribution in [2.45, 2.75) is 155 Å². The Hall–Kier alpha value is -3.32. The molecule has 0 aromatic rings. The Morgan fingerprint density at radius 3 is 1.47 bits per heavy atom. The average Bonchev–Trinajstić information content (AvgIpc) is 3.77. The van der Waals surface area contributed by atoms with Gasteiger partial charge in [0.05, 0.1) is 17.4 Å². The van der Waals surface area contributed by atoms with Crippen LogP contribution < -0.4 is 21.3 Å². The number of nitrogens with one attached hydrogen (secondary N) is 4. The van der Waals surface area contributed by atoms with Crippen LogP contribution in [0, 0.1) is 11.8 Å². The molecule has 0 spiro atoms. The minimum absolute atomic E-state index is 0.00341. The lowest BCUT2D eigenvalue weighted by Gasteiger charge is -2.20. The Labute approximate surface area is 311 Å². The maximum atomic E-state index is 12.2. The molecule has 0 aromatic carbocycles. The van der Waals surface area contributed by atoms with Crippen molar-refractivity contribution >= 4 is 57.7 Å². The van der Waals surface area contributed by atoms with Crippen molar-refractivity contribution in [2.24, 2.45) is 11.8 Å². The molecule has 2 fully saturated rings. The highest BCUT2D eigenvalue weighted by Gasteiger charge is 2.29. The molecule has 0 aromatic heterocycles. The van der Waals surface area contributed by atoms with Gasteiger partial charge in [0.15, 0.2) is 5.78 Å². The van der Waals surface area contributed by atoms with Crippen LogP contribution in [0.1, 0.15) is 131 Å². The maximum Gasteiger partial charge on any atom is 0.407 e. The molecule has 2 atom stereocenters. The zero-order chi connectivity index (χ0) is 38.5. The standard InChI is InChI=1S/C18H31BrN2O4.C18H30N4O4/c1-18(2,3)25-17(24)20-11-7-6-10-14(15(22)12-19)21-16(23)13-8-4-5-9-13;1-18(2,3)26-17(25)20-11-7-6-10-14(15(23)12-21-19)22-16(24)13-8-4-5-9-13/h13-14H,4-12H2,1-3H3,(H,20,24)(H,21,23);12-14H,4-11H2,1-3H3,(H,20,25)(H,22,24)/t2*14-/m00/s1. The Morgan fingerprint density at radius 2 is 1.10 bits per heavy atom. The number of halogens is 1. The van der Waals surface area contributed by atoms with Gasteiger partial charge in [0.2, 0.25) is 11.8 Å². The van der Waals surface area contributed by atoms with Gasteiger partial charge in [-0.2, -0.15) is 4.79 Å². The second-order valence-corrected chi connectivity index (χ2v) is 15.7. The first-order valence-corrected chi connectivity index (χ1v) is 19.4. The molecule has 51 heavy (non-hydrogen) atoms. The van der Waals surface area contributed by atoms with E-state index in [1.165, 1.54) is 0 Å². The first-order chi connectivity index (χ1) is 24.0. The molecule has 0 saturated heterocycles. The third-order valence-electron chi connectivity index (χ3n) is 8.31. The highest BCUT2D eigenvalue weighted by atomic mass is 79.9. The van der Waals surface area contributed by atoms with Gasteiger partial charge >= 0.3 is 18.4 Å². The monoisotopic (exact) mass is 784 g/mol. The molecule has 15 heteroatoms. The lowest BCUT2D eigenvalue weighted by atomic mass is 10.0. The molecule has 0 bridgehead atoms. The molecular formula is C36H61BrN6O8. The highest BCUT2D eigenvalue weighted by molar-refractivity contribution is 9.09. The maximum absolute atomic E-state index is 12.2. The quantitative estimate of drug-likeness (QED) is 0.0455. The van der Waals surface area contributed by atoms with Crippen molar-refractivity contribution in [3.05, 3.63) is 5.53 Å². The van der Waals surface area contributed by atoms with E-state index in [9.17, 15) is 28.8 Å². The molecule has 290 valence electrons. The number of alkyl halides is 1. The van der Waals surface area contributed by atoms with Gasteiger partial charge in [0.1, 0.15) is 11.2 Å². The third kappa shape index (κ3) is 21.6. The van der Waals surface area contributed by atoms with E-state index in [1.807, 2.05) is 20.8 Å². The van der Waals surface area contributed by atoms with Crippen molar-refractivity contribution < 1.29 is 43.0 Å². The number of hydrogen-bond donors (Lipinski definition) is 4. The van der Waals surface area contributed by atoms with Crippen LogP contribution in [0.2, 0.25) is 0 Å². The molecule has 2 rings (SSSR count). The molecular weight excluding hydrogens is 724 g/mol. The molecule has 2 saturated carbocycles. The molecule has 2 aliphatic carbocycles. The zero-order valence-corrected chi connectivity index (χ0v) is 33.0. The number of carbonyl (C=O) groups excluding carboxylic acids is 6. The molecule has 0 radical (unpaired) electrons. The summed E-state index contributed by atoms with van der Waals surface area (Å²) in [4.78, 5) is 74.4. The molecule has 14 nitrogen and oxygen atoms in total. The predicted molar refractivity (Wildman–Crippen MR) is 197 cm³/mol. The van der Waals surface area contributed by atoms with Crippen molar-refractivity contribution in [2.75, 3.05) is 18.4 Å². The first-order valence-electron chi connectivity index (χ1n) is 18.3. The highest BCUT2D eigenvalue weighted by Crippen LogP contribution is 2.26. The van der Waals surface area contributed by atoms with E-state index >= 15 is 0 Å². The second-order valence-electron chi connectivity index (χ2n) is 15.2. The summed E-state index contributed by atoms with van der Waals surface area (Å²) >= 11 is 3.18. The summed E-state index contributed by atoms with van der Waals surface area (Å²) in [6, 6.07) is -1.16. The van der Waals surface area contributed by atoms with E-state index in [0.717, 1.165) is 70.4 Å². The molecule has 2 aliphatic rings. The predicted octanol–water partition coefficient (Wildman–Crippen LogP) is 5.55. The van der Waals surface area contributed by atoms with E-state index in [-0.39, 0.29) is 34.8 Å². The Balaban J connectivity index is 0.000000510. The van der Waals surface area contributed by atoms with Gasteiger partial charge in [-0.25, -0.2) is 9.59 Å². The van der Waals surface area contributed by atoms with Crippen molar-refractivity contribution in [1.82, 2.24) is 21.3 Å². The second kappa shape index (κ2) is 24.0. The Bertz CT molecular complexity index is 1180. The van der Waals surface area contributed by atoms with Gasteiger partial charge in [-0.3, -0.25) is 19.2 Å². The van der Waals surface area contributed by atoms with Crippen molar-refractivity contribution in [3.8, 4) is 0 Å². The number of ether oxygens (including phenoxy) is 2. The largest absolute Gasteiger partial charge is 0.444 e. The van der Waals surface area contributed by atoms with Gasteiger partial charge in [-0.15, -0.1) is 0 Å². The van der Waals surface area contributed by atoms with E-state index < -0.39 is 41.3 Å². The fraction of sp³-hybridized carbons (Fsp3) is 0.806. The average molecular weight is 786 g/mol. The van der Waals surface area contributed by atoms with Crippen LogP contribution in [-0.4, -0.2) is 88.3 Å². The number of nitrogens with zero attached hydrogens (tertiary/aromatic N) is 2. The minimum Gasteiger partial charge on any atom is -0.444 e. The summed E-state index contributed by atoms with van der Waals surface area (Å²) in [7, 11) is 0. The topological polar surface area (TPSA) is 205 Å². The summed E-state index contributed by atoms with van der Waals surface area (Å²) in [6.07, 6.45) is 11.4. The van der Waals surface area contributed by atoms with Crippen LogP contribution in [0.15, 0.2) is 0 Å². The summed E-state index contributed by atoms with van der Waals surface area (Å²) in [5.74, 6) is -0.530. The Kier molecular flexibility index (Phi) is 21.5. The fourth-order valence-corrected chi connectivity index (χ4v) is 6.14. The normalized spacial score (nSPS) is 16.0. The number of unbranched alkanes of at least 4 members (excludes halogenated alkanes) is 2. The van der Waals surface area contributed by atoms with Crippen LogP contribution in [-0.2, 0) is 28.7 Å². The lowest BCUT2D eigenvalue weighted by molar-refractivity contribution is -0.129. The fourth-order valence-electron chi connectivity index (χ4n) is 5.75. The summed E-state index contributed by atoms with van der Waals surface area (Å²) < 4.78 is 10.3. The van der Waals surface area contributed by atoms with Crippen LogP contribution >= 0.6 is 15.9 Å². The van der Waals surface area contributed by atoms with Crippen LogP contribution in [0.3, 0.4) is 0 Å². The number of hydrogen-bond acceptors (Lipinski definition) is 8. The molecule has 0 aliphatic heterocycles. The SMILES string of the molecule is CC(C)(C)OC(=O)NCCCC[C@H](NC(=O)C1CCCC1)C(=O)C=[N+]=[N-].CC(C)(C)OC(=O)NCCCC[C@H](NC(=O)C1CCCC1)C(=O)CBr. The summed E-state index contributed by atoms with van der Waals surface area (Å²) in [5, 5.41) is 11.3. The van der Waals surface area contributed by atoms with Gasteiger partial charge in [0.25, 0.3) is 5.78 Å². The van der Waals surface area contributed by atoms with E-state index in [1.54, 1.807) is 20.8 Å². The van der Waals surface area contributed by atoms with Crippen molar-refractivity contribution in [3.63, 3.8) is 0 Å². The van der Waals surface area contributed by atoms with Gasteiger partial charge < -0.3 is 36.3 Å². The summed E-state index contributed by atoms with van der Waals surface area (Å²) in [5.41, 5.74) is 7.51. The van der Waals surface area contributed by atoms with Gasteiger partial charge in [0, 0.05) is 24.9 Å². The van der Waals surface area contributed by atoms with E-state index in [2.05, 4.69) is 42.0 Å². The molecule has 0 heterocycles. The number of alkyl carbamates (subject to hydrolysis) is 2. The van der Waals surface area contributed by atoms with Crippen LogP contribution in [0.25, 0.3) is 5.53 Å². The number of Topliss-reactive ketones (excluding diaryl/α,β-unsaturated/α-hetero) is 2. The molecule has 4 N–H and O–H groups in total. The molecule has 4 amide bonds. The smallest absolute Gasteiger partial charge is 0.407 e. The molecule has 0 unspecified atom stereocenters. The Morgan fingerprint density at radius 1 is 0.706 bits per heavy atom. The minimum atomic E-state index is -0.708. The number of carbonyl (C=O) groups is 6. The number of rotatable bonds is 18. The number of ketones is 2. The van der Waals surface area contributed by atoms with Crippen molar-refractivity contribution in [1.29, 1.82) is 0 Å². The first kappa shape index (κ1) is 45.7.